The molecule has 2 aromatic carbocycles. The van der Waals surface area contributed by atoms with Crippen LogP contribution in [0.5, 0.6) is 0 Å². The maximum atomic E-state index is 13.5. The van der Waals surface area contributed by atoms with Crippen LogP contribution in [0.25, 0.3) is 0 Å². The summed E-state index contributed by atoms with van der Waals surface area (Å²) in [4.78, 5) is 7.24. The molecule has 2 aliphatic heterocycles. The van der Waals surface area contributed by atoms with Crippen molar-refractivity contribution in [2.75, 3.05) is 13.2 Å². The van der Waals surface area contributed by atoms with Crippen molar-refractivity contribution in [2.24, 2.45) is 10.7 Å². The monoisotopic (exact) mass is 365 g/mol. The molecule has 4 nitrogen and oxygen atoms in total. The summed E-state index contributed by atoms with van der Waals surface area (Å²) in [5.41, 5.74) is 9.70. The van der Waals surface area contributed by atoms with E-state index in [2.05, 4.69) is 29.2 Å². The minimum absolute atomic E-state index is 0.0259. The molecule has 5 heteroatoms. The summed E-state index contributed by atoms with van der Waals surface area (Å²) in [5.74, 6) is -0.222. The Balaban J connectivity index is 1.57. The Bertz CT molecular complexity index is 881. The van der Waals surface area contributed by atoms with Crippen LogP contribution in [0.1, 0.15) is 42.0 Å². The first kappa shape index (κ1) is 16.8. The summed E-state index contributed by atoms with van der Waals surface area (Å²) in [6, 6.07) is 16.0. The Kier molecular flexibility index (Phi) is 3.93. The minimum atomic E-state index is -0.264. The molecule has 0 amide bonds. The van der Waals surface area contributed by atoms with Crippen molar-refractivity contribution < 1.29 is 9.13 Å². The Labute approximate surface area is 158 Å². The predicted molar refractivity (Wildman–Crippen MR) is 103 cm³/mol. The average molecular weight is 365 g/mol. The standard InChI is InChI=1S/C22H24FN3O/c23-17-9-7-16(8-10-17)20-18-5-2-1-4-15(18)11-13-26(20)21-25-22(14-27-21)12-3-6-19(22)24/h1-2,4-5,7-10,19-20H,3,6,11-14,24H2/t19-,20+,22-/m1/s1. The fourth-order valence-corrected chi connectivity index (χ4v) is 4.77. The average Bonchev–Trinajstić information content (AvgIpc) is 3.28. The number of hydrogen-bond donors (Lipinski definition) is 1. The summed E-state index contributed by atoms with van der Waals surface area (Å²) in [6.07, 6.45) is 4.04. The van der Waals surface area contributed by atoms with Crippen LogP contribution in [0.15, 0.2) is 53.5 Å². The van der Waals surface area contributed by atoms with Crippen LogP contribution >= 0.6 is 0 Å². The zero-order chi connectivity index (χ0) is 18.4. The first-order chi connectivity index (χ1) is 13.2. The predicted octanol–water partition coefficient (Wildman–Crippen LogP) is 3.41. The SMILES string of the molecule is N[C@@H]1CCC[C@@]12COC(N1CCc3ccccc3[C@@H]1c1ccc(F)cc1)=N2. The lowest BCUT2D eigenvalue weighted by molar-refractivity contribution is 0.197. The van der Waals surface area contributed by atoms with Crippen molar-refractivity contribution in [3.8, 4) is 0 Å². The number of ether oxygens (including phenoxy) is 1. The molecule has 2 aromatic rings. The molecule has 1 saturated carbocycles. The van der Waals surface area contributed by atoms with Gasteiger partial charge in [-0.25, -0.2) is 9.38 Å². The summed E-state index contributed by atoms with van der Waals surface area (Å²) >= 11 is 0. The number of nitrogens with zero attached hydrogens (tertiary/aromatic N) is 2. The molecule has 3 aliphatic rings. The third kappa shape index (κ3) is 2.72. The highest BCUT2D eigenvalue weighted by Gasteiger charge is 2.47. The Hall–Kier alpha value is -2.40. The van der Waals surface area contributed by atoms with Gasteiger partial charge in [-0.3, -0.25) is 0 Å². The van der Waals surface area contributed by atoms with Gasteiger partial charge in [-0.15, -0.1) is 0 Å². The van der Waals surface area contributed by atoms with Gasteiger partial charge in [0.05, 0.1) is 6.04 Å². The molecule has 2 heterocycles. The van der Waals surface area contributed by atoms with E-state index in [1.54, 1.807) is 0 Å². The van der Waals surface area contributed by atoms with E-state index in [0.717, 1.165) is 37.8 Å². The summed E-state index contributed by atoms with van der Waals surface area (Å²) in [5, 5.41) is 0. The number of fused-ring (bicyclic) bond motifs is 1. The molecule has 27 heavy (non-hydrogen) atoms. The van der Waals surface area contributed by atoms with Crippen molar-refractivity contribution in [2.45, 2.75) is 43.3 Å². The van der Waals surface area contributed by atoms with Crippen molar-refractivity contribution in [1.29, 1.82) is 0 Å². The number of hydrogen-bond acceptors (Lipinski definition) is 4. The van der Waals surface area contributed by atoms with Gasteiger partial charge < -0.3 is 15.4 Å². The molecule has 5 rings (SSSR count). The number of rotatable bonds is 1. The Morgan fingerprint density at radius 1 is 1.15 bits per heavy atom. The Morgan fingerprint density at radius 3 is 2.74 bits per heavy atom. The van der Waals surface area contributed by atoms with E-state index in [9.17, 15) is 4.39 Å². The Morgan fingerprint density at radius 2 is 1.96 bits per heavy atom. The van der Waals surface area contributed by atoms with E-state index in [4.69, 9.17) is 15.5 Å². The molecule has 1 fully saturated rings. The van der Waals surface area contributed by atoms with Crippen LogP contribution in [0, 0.1) is 5.82 Å². The van der Waals surface area contributed by atoms with Crippen LogP contribution in [0.3, 0.4) is 0 Å². The summed E-state index contributed by atoms with van der Waals surface area (Å²) < 4.78 is 19.6. The molecule has 1 spiro atoms. The van der Waals surface area contributed by atoms with E-state index in [-0.39, 0.29) is 23.4 Å². The van der Waals surface area contributed by atoms with Crippen molar-refractivity contribution in [3.63, 3.8) is 0 Å². The van der Waals surface area contributed by atoms with Crippen LogP contribution in [-0.2, 0) is 11.2 Å². The van der Waals surface area contributed by atoms with Crippen LogP contribution in [0.2, 0.25) is 0 Å². The largest absolute Gasteiger partial charge is 0.462 e. The lowest BCUT2D eigenvalue weighted by Crippen LogP contribution is -2.43. The number of aliphatic imine (C=N–C) groups is 1. The lowest BCUT2D eigenvalue weighted by atomic mass is 9.88. The molecule has 0 unspecified atom stereocenters. The number of benzene rings is 2. The van der Waals surface area contributed by atoms with Gasteiger partial charge in [-0.1, -0.05) is 36.4 Å². The summed E-state index contributed by atoms with van der Waals surface area (Å²) in [7, 11) is 0. The quantitative estimate of drug-likeness (QED) is 0.843. The van der Waals surface area contributed by atoms with Gasteiger partial charge in [0.15, 0.2) is 0 Å². The molecule has 2 N–H and O–H groups in total. The molecular weight excluding hydrogens is 341 g/mol. The number of halogens is 1. The highest BCUT2D eigenvalue weighted by atomic mass is 19.1. The van der Waals surface area contributed by atoms with Gasteiger partial charge in [0.1, 0.15) is 18.0 Å². The molecule has 0 radical (unpaired) electrons. The second-order valence-corrected chi connectivity index (χ2v) is 7.88. The van der Waals surface area contributed by atoms with Gasteiger partial charge >= 0.3 is 0 Å². The second kappa shape index (κ2) is 6.34. The zero-order valence-electron chi connectivity index (χ0n) is 15.3. The topological polar surface area (TPSA) is 50.9 Å². The molecule has 1 aliphatic carbocycles. The number of amidine groups is 1. The van der Waals surface area contributed by atoms with E-state index in [1.807, 2.05) is 12.1 Å². The molecule has 140 valence electrons. The van der Waals surface area contributed by atoms with Gasteiger partial charge in [0.25, 0.3) is 6.02 Å². The maximum Gasteiger partial charge on any atom is 0.288 e. The van der Waals surface area contributed by atoms with Gasteiger partial charge in [-0.2, -0.15) is 0 Å². The van der Waals surface area contributed by atoms with E-state index < -0.39 is 0 Å². The number of nitrogens with two attached hydrogens (primary N) is 1. The second-order valence-electron chi connectivity index (χ2n) is 7.88. The van der Waals surface area contributed by atoms with E-state index in [0.29, 0.717) is 12.6 Å². The highest BCUT2D eigenvalue weighted by Crippen LogP contribution is 2.40. The normalized spacial score (nSPS) is 29.6. The van der Waals surface area contributed by atoms with Gasteiger partial charge in [0.2, 0.25) is 0 Å². The molecule has 0 aromatic heterocycles. The highest BCUT2D eigenvalue weighted by molar-refractivity contribution is 5.78. The maximum absolute atomic E-state index is 13.5. The first-order valence-corrected chi connectivity index (χ1v) is 9.74. The smallest absolute Gasteiger partial charge is 0.288 e. The molecule has 0 saturated heterocycles. The van der Waals surface area contributed by atoms with Crippen molar-refractivity contribution in [3.05, 3.63) is 71.0 Å². The van der Waals surface area contributed by atoms with Gasteiger partial charge in [-0.05, 0) is 54.5 Å². The lowest BCUT2D eigenvalue weighted by Gasteiger charge is -2.38. The third-order valence-corrected chi connectivity index (χ3v) is 6.30. The van der Waals surface area contributed by atoms with Crippen LogP contribution in [-0.4, -0.2) is 35.7 Å². The zero-order valence-corrected chi connectivity index (χ0v) is 15.3. The van der Waals surface area contributed by atoms with Crippen molar-refractivity contribution >= 4 is 6.02 Å². The molecular formula is C22H24FN3O. The summed E-state index contributed by atoms with van der Waals surface area (Å²) in [6.45, 7) is 1.39. The first-order valence-electron chi connectivity index (χ1n) is 9.74. The molecule has 3 atom stereocenters. The van der Waals surface area contributed by atoms with Crippen LogP contribution < -0.4 is 5.73 Å². The molecule has 0 bridgehead atoms. The van der Waals surface area contributed by atoms with Crippen molar-refractivity contribution in [1.82, 2.24) is 4.90 Å². The third-order valence-electron chi connectivity index (χ3n) is 6.30. The van der Waals surface area contributed by atoms with E-state index >= 15 is 0 Å². The fraction of sp³-hybridized carbons (Fsp3) is 0.409. The van der Waals surface area contributed by atoms with Crippen LogP contribution in [0.4, 0.5) is 4.39 Å². The van der Waals surface area contributed by atoms with E-state index in [1.165, 1.54) is 23.3 Å². The minimum Gasteiger partial charge on any atom is -0.462 e. The van der Waals surface area contributed by atoms with Gasteiger partial charge in [0, 0.05) is 12.6 Å². The fourth-order valence-electron chi connectivity index (χ4n) is 4.77.